The number of para-hydroxylation sites is 1. The molecule has 0 spiro atoms. The summed E-state index contributed by atoms with van der Waals surface area (Å²) in [7, 11) is 0. The molecule has 0 bridgehead atoms. The third-order valence-electron chi connectivity index (χ3n) is 6.42. The lowest BCUT2D eigenvalue weighted by atomic mass is 9.87. The molecule has 4 nitrogen and oxygen atoms in total. The molecule has 0 fully saturated rings. The molecule has 1 heterocycles. The van der Waals surface area contributed by atoms with Gasteiger partial charge in [0.1, 0.15) is 0 Å². The topological polar surface area (TPSA) is 49.3 Å². The third kappa shape index (κ3) is 6.87. The van der Waals surface area contributed by atoms with Crippen LogP contribution >= 0.6 is 0 Å². The summed E-state index contributed by atoms with van der Waals surface area (Å²) in [6.45, 7) is 16.9. The lowest BCUT2D eigenvalue weighted by molar-refractivity contribution is -0.896. The summed E-state index contributed by atoms with van der Waals surface area (Å²) < 4.78 is 0. The Morgan fingerprint density at radius 1 is 1.13 bits per heavy atom. The van der Waals surface area contributed by atoms with Crippen LogP contribution in [0.3, 0.4) is 0 Å². The maximum Gasteiger partial charge on any atom is 0.220 e. The molecule has 30 heavy (non-hydrogen) atoms. The maximum atomic E-state index is 12.9. The Kier molecular flexibility index (Phi) is 9.90. The molecule has 1 amide bonds. The summed E-state index contributed by atoms with van der Waals surface area (Å²) >= 11 is 0. The van der Waals surface area contributed by atoms with Crippen molar-refractivity contribution in [2.45, 2.75) is 85.6 Å². The summed E-state index contributed by atoms with van der Waals surface area (Å²) in [5.41, 5.74) is 3.87. The Hall–Kier alpha value is -1.81. The average Bonchev–Trinajstić information content (AvgIpc) is 3.14. The molecule has 4 heteroatoms. The average molecular weight is 415 g/mol. The summed E-state index contributed by atoms with van der Waals surface area (Å²) in [6.07, 6.45) is 6.95. The zero-order chi connectivity index (χ0) is 22.1. The Morgan fingerprint density at radius 2 is 1.87 bits per heavy atom. The number of carbonyl (C=O) groups is 1. The number of amides is 1. The number of aryl methyl sites for hydroxylation is 1. The van der Waals surface area contributed by atoms with Crippen LogP contribution in [0.15, 0.2) is 24.4 Å². The SMILES string of the molecule is CCc1cccc2c([C@H](CC(=O)N[C@@H](C)CCC[NH+](CC)CC)CC(C)C)c[nH]c12. The molecular formula is C26H44N3O+. The van der Waals surface area contributed by atoms with Gasteiger partial charge in [-0.05, 0) is 69.4 Å². The number of H-pyrrole nitrogens is 1. The monoisotopic (exact) mass is 414 g/mol. The summed E-state index contributed by atoms with van der Waals surface area (Å²) in [6, 6.07) is 6.77. The quantitative estimate of drug-likeness (QED) is 0.445. The van der Waals surface area contributed by atoms with Gasteiger partial charge in [-0.25, -0.2) is 0 Å². The van der Waals surface area contributed by atoms with E-state index in [9.17, 15) is 4.79 Å². The zero-order valence-corrected chi connectivity index (χ0v) is 20.1. The van der Waals surface area contributed by atoms with Gasteiger partial charge in [-0.1, -0.05) is 39.0 Å². The van der Waals surface area contributed by atoms with Gasteiger partial charge in [0, 0.05) is 29.6 Å². The van der Waals surface area contributed by atoms with Crippen molar-refractivity contribution >= 4 is 16.8 Å². The van der Waals surface area contributed by atoms with Gasteiger partial charge in [0.2, 0.25) is 5.91 Å². The van der Waals surface area contributed by atoms with Crippen molar-refractivity contribution in [3.8, 4) is 0 Å². The fraction of sp³-hybridized carbons (Fsp3) is 0.654. The van der Waals surface area contributed by atoms with E-state index >= 15 is 0 Å². The standard InChI is InChI=1S/C26H43N3O/c1-7-21-13-10-14-23-24(18-27-26(21)23)22(16-19(4)5)17-25(30)28-20(6)12-11-15-29(8-2)9-3/h10,13-14,18-20,22,27H,7-9,11-12,15-17H2,1-6H3,(H,28,30)/p+1/t20-,22-/m0/s1. The van der Waals surface area contributed by atoms with Gasteiger partial charge in [-0.15, -0.1) is 0 Å². The summed E-state index contributed by atoms with van der Waals surface area (Å²) in [5.74, 6) is 0.985. The van der Waals surface area contributed by atoms with Crippen LogP contribution in [0.5, 0.6) is 0 Å². The number of nitrogens with one attached hydrogen (secondary N) is 3. The molecule has 0 saturated heterocycles. The van der Waals surface area contributed by atoms with Crippen molar-refractivity contribution in [3.05, 3.63) is 35.5 Å². The molecule has 2 aromatic rings. The van der Waals surface area contributed by atoms with Crippen LogP contribution in [0.2, 0.25) is 0 Å². The van der Waals surface area contributed by atoms with Gasteiger partial charge in [0.05, 0.1) is 19.6 Å². The number of rotatable bonds is 13. The first-order valence-corrected chi connectivity index (χ1v) is 12.1. The number of benzene rings is 1. The van der Waals surface area contributed by atoms with Crippen LogP contribution in [-0.4, -0.2) is 36.6 Å². The first-order valence-electron chi connectivity index (χ1n) is 12.1. The Balaban J connectivity index is 2.02. The number of aromatic nitrogens is 1. The predicted molar refractivity (Wildman–Crippen MR) is 128 cm³/mol. The molecule has 168 valence electrons. The van der Waals surface area contributed by atoms with Gasteiger partial charge in [-0.3, -0.25) is 4.79 Å². The van der Waals surface area contributed by atoms with Crippen LogP contribution in [0.4, 0.5) is 0 Å². The number of hydrogen-bond donors (Lipinski definition) is 3. The highest BCUT2D eigenvalue weighted by Crippen LogP contribution is 2.34. The molecule has 2 rings (SSSR count). The molecule has 0 unspecified atom stereocenters. The fourth-order valence-corrected chi connectivity index (χ4v) is 4.65. The van der Waals surface area contributed by atoms with Crippen LogP contribution in [-0.2, 0) is 11.2 Å². The maximum absolute atomic E-state index is 12.9. The van der Waals surface area contributed by atoms with Gasteiger partial charge in [0.15, 0.2) is 0 Å². The van der Waals surface area contributed by atoms with Gasteiger partial charge < -0.3 is 15.2 Å². The number of aromatic amines is 1. The second-order valence-corrected chi connectivity index (χ2v) is 9.29. The van der Waals surface area contributed by atoms with Crippen molar-refractivity contribution in [2.24, 2.45) is 5.92 Å². The molecule has 3 N–H and O–H groups in total. The minimum atomic E-state index is 0.185. The number of quaternary nitrogens is 1. The summed E-state index contributed by atoms with van der Waals surface area (Å²) in [5, 5.41) is 4.55. The van der Waals surface area contributed by atoms with E-state index in [0.717, 1.165) is 25.7 Å². The van der Waals surface area contributed by atoms with Crippen molar-refractivity contribution in [3.63, 3.8) is 0 Å². The lowest BCUT2D eigenvalue weighted by Gasteiger charge is -2.21. The van der Waals surface area contributed by atoms with Gasteiger partial charge in [0.25, 0.3) is 0 Å². The minimum absolute atomic E-state index is 0.185. The van der Waals surface area contributed by atoms with Crippen LogP contribution in [0.1, 0.15) is 84.3 Å². The molecule has 0 radical (unpaired) electrons. The molecule has 1 aromatic heterocycles. The highest BCUT2D eigenvalue weighted by atomic mass is 16.1. The van der Waals surface area contributed by atoms with E-state index in [-0.39, 0.29) is 17.9 Å². The van der Waals surface area contributed by atoms with Gasteiger partial charge in [-0.2, -0.15) is 0 Å². The molecule has 0 aliphatic rings. The zero-order valence-electron chi connectivity index (χ0n) is 20.1. The molecular weight excluding hydrogens is 370 g/mol. The van der Waals surface area contributed by atoms with Gasteiger partial charge >= 0.3 is 0 Å². The number of hydrogen-bond acceptors (Lipinski definition) is 1. The first-order chi connectivity index (χ1) is 14.4. The Morgan fingerprint density at radius 3 is 2.50 bits per heavy atom. The highest BCUT2D eigenvalue weighted by Gasteiger charge is 2.22. The Bertz CT molecular complexity index is 776. The highest BCUT2D eigenvalue weighted by molar-refractivity contribution is 5.87. The number of fused-ring (bicyclic) bond motifs is 1. The fourth-order valence-electron chi connectivity index (χ4n) is 4.65. The Labute approximate surface area is 183 Å². The molecule has 0 saturated carbocycles. The first kappa shape index (κ1) is 24.5. The summed E-state index contributed by atoms with van der Waals surface area (Å²) in [4.78, 5) is 18.0. The third-order valence-corrected chi connectivity index (χ3v) is 6.42. The van der Waals surface area contributed by atoms with E-state index in [1.807, 2.05) is 0 Å². The second-order valence-electron chi connectivity index (χ2n) is 9.29. The second kappa shape index (κ2) is 12.1. The van der Waals surface area contributed by atoms with Crippen molar-refractivity contribution < 1.29 is 9.69 Å². The normalized spacial score (nSPS) is 13.9. The van der Waals surface area contributed by atoms with E-state index in [4.69, 9.17) is 0 Å². The minimum Gasteiger partial charge on any atom is -0.361 e. The lowest BCUT2D eigenvalue weighted by Crippen LogP contribution is -3.11. The van der Waals surface area contributed by atoms with Crippen molar-refractivity contribution in [1.29, 1.82) is 0 Å². The predicted octanol–water partition coefficient (Wildman–Crippen LogP) is 4.46. The van der Waals surface area contributed by atoms with Crippen LogP contribution in [0, 0.1) is 5.92 Å². The van der Waals surface area contributed by atoms with Crippen LogP contribution < -0.4 is 10.2 Å². The van der Waals surface area contributed by atoms with E-state index in [2.05, 4.69) is 76.2 Å². The van der Waals surface area contributed by atoms with E-state index in [1.54, 1.807) is 4.90 Å². The van der Waals surface area contributed by atoms with E-state index in [1.165, 1.54) is 41.7 Å². The van der Waals surface area contributed by atoms with E-state index < -0.39 is 0 Å². The molecule has 0 aliphatic carbocycles. The molecule has 2 atom stereocenters. The van der Waals surface area contributed by atoms with Crippen LogP contribution in [0.25, 0.3) is 10.9 Å². The number of carbonyl (C=O) groups excluding carboxylic acids is 1. The molecule has 0 aliphatic heterocycles. The smallest absolute Gasteiger partial charge is 0.220 e. The van der Waals surface area contributed by atoms with E-state index in [0.29, 0.717) is 12.3 Å². The largest absolute Gasteiger partial charge is 0.361 e. The van der Waals surface area contributed by atoms with Crippen molar-refractivity contribution in [2.75, 3.05) is 19.6 Å². The molecule has 1 aromatic carbocycles. The van der Waals surface area contributed by atoms with Crippen molar-refractivity contribution in [1.82, 2.24) is 10.3 Å².